The van der Waals surface area contributed by atoms with Gasteiger partial charge in [0, 0.05) is 6.04 Å². The Hall–Kier alpha value is 0.310. The molecule has 0 radical (unpaired) electrons. The zero-order valence-corrected chi connectivity index (χ0v) is 8.66. The van der Waals surface area contributed by atoms with E-state index in [1.807, 2.05) is 0 Å². The summed E-state index contributed by atoms with van der Waals surface area (Å²) in [5.41, 5.74) is 0. The van der Waals surface area contributed by atoms with E-state index in [1.54, 1.807) is 0 Å². The minimum atomic E-state index is 0.694. The first-order valence-electron chi connectivity index (χ1n) is 4.69. The second kappa shape index (κ2) is 8.41. The van der Waals surface area contributed by atoms with Crippen molar-refractivity contribution in [3.63, 3.8) is 0 Å². The average Bonchev–Trinajstić information content (AvgIpc) is 2.03. The molecule has 1 unspecified atom stereocenters. The Morgan fingerprint density at radius 1 is 1.36 bits per heavy atom. The van der Waals surface area contributed by atoms with Crippen molar-refractivity contribution in [1.82, 2.24) is 5.32 Å². The highest BCUT2D eigenvalue weighted by Crippen LogP contribution is 1.99. The van der Waals surface area contributed by atoms with Crippen molar-refractivity contribution in [3.05, 3.63) is 0 Å². The summed E-state index contributed by atoms with van der Waals surface area (Å²) < 4.78 is 0. The Balaban J connectivity index is 3.20. The van der Waals surface area contributed by atoms with Crippen molar-refractivity contribution in [1.29, 1.82) is 0 Å². The van der Waals surface area contributed by atoms with Crippen molar-refractivity contribution in [3.8, 4) is 0 Å². The first kappa shape index (κ1) is 11.3. The molecule has 1 atom stereocenters. The van der Waals surface area contributed by atoms with E-state index in [1.165, 1.54) is 32.2 Å². The van der Waals surface area contributed by atoms with Crippen LogP contribution in [0.3, 0.4) is 0 Å². The second-order valence-electron chi connectivity index (χ2n) is 2.93. The van der Waals surface area contributed by atoms with Gasteiger partial charge in [0.15, 0.2) is 0 Å². The van der Waals surface area contributed by atoms with E-state index in [-0.39, 0.29) is 0 Å². The van der Waals surface area contributed by atoms with Gasteiger partial charge >= 0.3 is 0 Å². The zero-order valence-electron chi connectivity index (χ0n) is 7.77. The summed E-state index contributed by atoms with van der Waals surface area (Å²) in [4.78, 5) is 0. The maximum Gasteiger partial charge on any atom is 0.00722 e. The molecule has 0 aromatic carbocycles. The lowest BCUT2D eigenvalue weighted by molar-refractivity contribution is 0.480. The van der Waals surface area contributed by atoms with E-state index >= 15 is 0 Å². The van der Waals surface area contributed by atoms with Gasteiger partial charge in [-0.1, -0.05) is 20.3 Å². The molecule has 11 heavy (non-hydrogen) atoms. The Labute approximate surface area is 76.4 Å². The fourth-order valence-electron chi connectivity index (χ4n) is 1.09. The van der Waals surface area contributed by atoms with Crippen LogP contribution in [-0.4, -0.2) is 18.3 Å². The van der Waals surface area contributed by atoms with Crippen LogP contribution >= 0.6 is 12.6 Å². The Morgan fingerprint density at radius 2 is 2.09 bits per heavy atom. The van der Waals surface area contributed by atoms with E-state index in [4.69, 9.17) is 0 Å². The van der Waals surface area contributed by atoms with Crippen molar-refractivity contribution < 1.29 is 0 Å². The summed E-state index contributed by atoms with van der Waals surface area (Å²) in [5, 5.41) is 3.52. The van der Waals surface area contributed by atoms with E-state index < -0.39 is 0 Å². The summed E-state index contributed by atoms with van der Waals surface area (Å²) in [6, 6.07) is 0.694. The minimum absolute atomic E-state index is 0.694. The maximum atomic E-state index is 4.22. The monoisotopic (exact) mass is 175 g/mol. The quantitative estimate of drug-likeness (QED) is 0.447. The van der Waals surface area contributed by atoms with Gasteiger partial charge in [0.2, 0.25) is 0 Å². The van der Waals surface area contributed by atoms with Gasteiger partial charge in [-0.15, -0.1) is 0 Å². The zero-order chi connectivity index (χ0) is 8.53. The molecule has 0 aromatic heterocycles. The SMILES string of the molecule is CCCCNC(CC)CCS. The summed E-state index contributed by atoms with van der Waals surface area (Å²) in [6.45, 7) is 5.62. The van der Waals surface area contributed by atoms with Crippen LogP contribution in [0, 0.1) is 0 Å². The highest BCUT2D eigenvalue weighted by molar-refractivity contribution is 7.80. The standard InChI is InChI=1S/C9H21NS/c1-3-5-7-10-9(4-2)6-8-11/h9-11H,3-8H2,1-2H3. The van der Waals surface area contributed by atoms with Gasteiger partial charge in [0.1, 0.15) is 0 Å². The van der Waals surface area contributed by atoms with E-state index in [0.717, 1.165) is 5.75 Å². The summed E-state index contributed by atoms with van der Waals surface area (Å²) in [6.07, 6.45) is 5.00. The molecule has 1 nitrogen and oxygen atoms in total. The van der Waals surface area contributed by atoms with Crippen LogP contribution in [0.25, 0.3) is 0 Å². The lowest BCUT2D eigenvalue weighted by atomic mass is 10.1. The molecule has 0 aliphatic rings. The van der Waals surface area contributed by atoms with Gasteiger partial charge < -0.3 is 5.32 Å². The maximum absolute atomic E-state index is 4.22. The van der Waals surface area contributed by atoms with Crippen LogP contribution in [0.5, 0.6) is 0 Å². The molecule has 0 aromatic rings. The third kappa shape index (κ3) is 6.70. The molecule has 0 aliphatic carbocycles. The van der Waals surface area contributed by atoms with Crippen molar-refractivity contribution >= 4 is 12.6 Å². The largest absolute Gasteiger partial charge is 0.314 e. The van der Waals surface area contributed by atoms with Crippen LogP contribution in [-0.2, 0) is 0 Å². The van der Waals surface area contributed by atoms with Crippen molar-refractivity contribution in [2.45, 2.75) is 45.6 Å². The number of nitrogens with one attached hydrogen (secondary N) is 1. The highest BCUT2D eigenvalue weighted by atomic mass is 32.1. The van der Waals surface area contributed by atoms with Crippen LogP contribution in [0.15, 0.2) is 0 Å². The number of thiol groups is 1. The Morgan fingerprint density at radius 3 is 2.55 bits per heavy atom. The Bertz CT molecular complexity index is 76.0. The number of hydrogen-bond donors (Lipinski definition) is 2. The fourth-order valence-corrected chi connectivity index (χ4v) is 1.40. The molecule has 0 spiro atoms. The predicted molar refractivity (Wildman–Crippen MR) is 55.5 cm³/mol. The van der Waals surface area contributed by atoms with Gasteiger partial charge in [-0.05, 0) is 31.6 Å². The first-order chi connectivity index (χ1) is 5.35. The fraction of sp³-hybridized carbons (Fsp3) is 1.00. The molecule has 0 saturated heterocycles. The van der Waals surface area contributed by atoms with Crippen LogP contribution in [0.1, 0.15) is 39.5 Å². The summed E-state index contributed by atoms with van der Waals surface area (Å²) >= 11 is 4.22. The smallest absolute Gasteiger partial charge is 0.00722 e. The third-order valence-electron chi connectivity index (χ3n) is 1.93. The molecule has 0 heterocycles. The topological polar surface area (TPSA) is 12.0 Å². The highest BCUT2D eigenvalue weighted by Gasteiger charge is 2.01. The van der Waals surface area contributed by atoms with Crippen LogP contribution < -0.4 is 5.32 Å². The van der Waals surface area contributed by atoms with Crippen LogP contribution in [0.4, 0.5) is 0 Å². The molecular formula is C9H21NS. The lowest BCUT2D eigenvalue weighted by Gasteiger charge is -2.14. The number of unbranched alkanes of at least 4 members (excludes halogenated alkanes) is 1. The number of rotatable bonds is 7. The van der Waals surface area contributed by atoms with Crippen LogP contribution in [0.2, 0.25) is 0 Å². The van der Waals surface area contributed by atoms with Crippen molar-refractivity contribution in [2.24, 2.45) is 0 Å². The molecule has 0 amide bonds. The molecule has 0 saturated carbocycles. The molecule has 1 N–H and O–H groups in total. The second-order valence-corrected chi connectivity index (χ2v) is 3.37. The summed E-state index contributed by atoms with van der Waals surface area (Å²) in [7, 11) is 0. The molecule has 0 aliphatic heterocycles. The Kier molecular flexibility index (Phi) is 8.64. The van der Waals surface area contributed by atoms with Gasteiger partial charge in [-0.25, -0.2) is 0 Å². The van der Waals surface area contributed by atoms with Gasteiger partial charge in [-0.2, -0.15) is 12.6 Å². The molecule has 0 bridgehead atoms. The molecule has 0 rings (SSSR count). The first-order valence-corrected chi connectivity index (χ1v) is 5.32. The molecule has 0 fully saturated rings. The third-order valence-corrected chi connectivity index (χ3v) is 2.19. The van der Waals surface area contributed by atoms with Gasteiger partial charge in [0.05, 0.1) is 0 Å². The average molecular weight is 175 g/mol. The van der Waals surface area contributed by atoms with E-state index in [9.17, 15) is 0 Å². The van der Waals surface area contributed by atoms with E-state index in [0.29, 0.717) is 6.04 Å². The van der Waals surface area contributed by atoms with E-state index in [2.05, 4.69) is 31.8 Å². The van der Waals surface area contributed by atoms with Gasteiger partial charge in [-0.3, -0.25) is 0 Å². The van der Waals surface area contributed by atoms with Crippen molar-refractivity contribution in [2.75, 3.05) is 12.3 Å². The molecule has 68 valence electrons. The minimum Gasteiger partial charge on any atom is -0.314 e. The number of hydrogen-bond acceptors (Lipinski definition) is 2. The molecular weight excluding hydrogens is 154 g/mol. The predicted octanol–water partition coefficient (Wildman–Crippen LogP) is 2.47. The normalized spacial score (nSPS) is 13.4. The lowest BCUT2D eigenvalue weighted by Crippen LogP contribution is -2.29. The molecule has 2 heteroatoms. The van der Waals surface area contributed by atoms with Gasteiger partial charge in [0.25, 0.3) is 0 Å². The summed E-state index contributed by atoms with van der Waals surface area (Å²) in [5.74, 6) is 0.998.